The Bertz CT molecular complexity index is 345. The van der Waals surface area contributed by atoms with Crippen LogP contribution in [0.3, 0.4) is 0 Å². The molecular formula is C10H14N2O2S. The molecule has 1 aliphatic rings. The number of thioether (sulfide) groups is 1. The molecule has 1 aromatic rings. The second-order valence-corrected chi connectivity index (χ2v) is 4.65. The quantitative estimate of drug-likeness (QED) is 0.806. The van der Waals surface area contributed by atoms with E-state index < -0.39 is 0 Å². The largest absolute Gasteiger partial charge is 0.455 e. The summed E-state index contributed by atoms with van der Waals surface area (Å²) in [4.78, 5) is 11.7. The normalized spacial score (nSPS) is 20.5. The van der Waals surface area contributed by atoms with Crippen molar-refractivity contribution in [3.8, 4) is 0 Å². The van der Waals surface area contributed by atoms with E-state index in [1.165, 1.54) is 0 Å². The van der Waals surface area contributed by atoms with E-state index in [2.05, 4.69) is 5.32 Å². The van der Waals surface area contributed by atoms with Gasteiger partial charge in [0.05, 0.1) is 6.54 Å². The Kier molecular flexibility index (Phi) is 3.33. The summed E-state index contributed by atoms with van der Waals surface area (Å²) in [5.41, 5.74) is 5.40. The average molecular weight is 226 g/mol. The highest BCUT2D eigenvalue weighted by Gasteiger charge is 2.19. The summed E-state index contributed by atoms with van der Waals surface area (Å²) in [7, 11) is 0. The third-order valence-corrected chi connectivity index (χ3v) is 3.51. The fourth-order valence-corrected chi connectivity index (χ4v) is 2.67. The molecule has 15 heavy (non-hydrogen) atoms. The molecule has 0 radical (unpaired) electrons. The van der Waals surface area contributed by atoms with Gasteiger partial charge in [0.15, 0.2) is 5.76 Å². The monoisotopic (exact) mass is 226 g/mol. The van der Waals surface area contributed by atoms with Crippen molar-refractivity contribution in [3.63, 3.8) is 0 Å². The second kappa shape index (κ2) is 4.72. The molecule has 1 aliphatic heterocycles. The van der Waals surface area contributed by atoms with Crippen LogP contribution in [0.2, 0.25) is 0 Å². The number of carbonyl (C=O) groups excluding carboxylic acids is 1. The Hall–Kier alpha value is -0.940. The van der Waals surface area contributed by atoms with Gasteiger partial charge in [-0.3, -0.25) is 4.79 Å². The lowest BCUT2D eigenvalue weighted by Gasteiger charge is -2.09. The van der Waals surface area contributed by atoms with Crippen LogP contribution in [0, 0.1) is 0 Å². The van der Waals surface area contributed by atoms with E-state index in [0.717, 1.165) is 17.9 Å². The van der Waals surface area contributed by atoms with E-state index >= 15 is 0 Å². The van der Waals surface area contributed by atoms with Crippen LogP contribution in [0.4, 0.5) is 0 Å². The van der Waals surface area contributed by atoms with Crippen molar-refractivity contribution >= 4 is 17.7 Å². The van der Waals surface area contributed by atoms with Gasteiger partial charge in [-0.05, 0) is 24.3 Å². The van der Waals surface area contributed by atoms with E-state index in [1.807, 2.05) is 11.8 Å². The molecule has 0 aliphatic carbocycles. The van der Waals surface area contributed by atoms with Crippen LogP contribution < -0.4 is 11.1 Å². The first-order valence-electron chi connectivity index (χ1n) is 4.97. The summed E-state index contributed by atoms with van der Waals surface area (Å²) < 4.78 is 5.26. The summed E-state index contributed by atoms with van der Waals surface area (Å²) in [6.07, 6.45) is 1.04. The lowest BCUT2D eigenvalue weighted by atomic mass is 10.2. The standard InChI is InChI=1S/C10H14N2O2S/c11-5-8-1-2-9(14-8)10(13)12-7-3-4-15-6-7/h1-2,7H,3-6,11H2,(H,12,13). The number of rotatable bonds is 3. The summed E-state index contributed by atoms with van der Waals surface area (Å²) in [5, 5.41) is 2.94. The van der Waals surface area contributed by atoms with Crippen LogP contribution in [0.15, 0.2) is 16.5 Å². The minimum absolute atomic E-state index is 0.137. The van der Waals surface area contributed by atoms with Crippen LogP contribution >= 0.6 is 11.8 Å². The molecule has 1 amide bonds. The Balaban J connectivity index is 1.94. The number of hydrogen-bond acceptors (Lipinski definition) is 4. The number of carbonyl (C=O) groups is 1. The van der Waals surface area contributed by atoms with Crippen molar-refractivity contribution in [2.75, 3.05) is 11.5 Å². The highest BCUT2D eigenvalue weighted by atomic mass is 32.2. The molecule has 1 atom stereocenters. The zero-order chi connectivity index (χ0) is 10.7. The fraction of sp³-hybridized carbons (Fsp3) is 0.500. The fourth-order valence-electron chi connectivity index (χ4n) is 1.51. The van der Waals surface area contributed by atoms with Crippen LogP contribution in [0.1, 0.15) is 22.7 Å². The van der Waals surface area contributed by atoms with Gasteiger partial charge in [0.2, 0.25) is 0 Å². The van der Waals surface area contributed by atoms with E-state index in [9.17, 15) is 4.79 Å². The maximum absolute atomic E-state index is 11.7. The zero-order valence-electron chi connectivity index (χ0n) is 8.36. The molecule has 0 spiro atoms. The smallest absolute Gasteiger partial charge is 0.287 e. The number of hydrogen-bond donors (Lipinski definition) is 2. The Morgan fingerprint density at radius 2 is 2.53 bits per heavy atom. The molecule has 1 unspecified atom stereocenters. The minimum atomic E-state index is -0.137. The Morgan fingerprint density at radius 1 is 1.67 bits per heavy atom. The highest BCUT2D eigenvalue weighted by Crippen LogP contribution is 2.17. The van der Waals surface area contributed by atoms with Crippen molar-refractivity contribution in [2.24, 2.45) is 5.73 Å². The van der Waals surface area contributed by atoms with E-state index in [1.54, 1.807) is 12.1 Å². The molecule has 0 saturated carbocycles. The van der Waals surface area contributed by atoms with Crippen LogP contribution in [0.5, 0.6) is 0 Å². The molecule has 3 N–H and O–H groups in total. The average Bonchev–Trinajstić information content (AvgIpc) is 2.86. The van der Waals surface area contributed by atoms with Crippen molar-refractivity contribution < 1.29 is 9.21 Å². The number of nitrogens with two attached hydrogens (primary N) is 1. The molecule has 1 fully saturated rings. The van der Waals surface area contributed by atoms with Gasteiger partial charge in [0, 0.05) is 11.8 Å². The second-order valence-electron chi connectivity index (χ2n) is 3.50. The van der Waals surface area contributed by atoms with Crippen molar-refractivity contribution in [3.05, 3.63) is 23.7 Å². The molecule has 1 saturated heterocycles. The molecule has 4 nitrogen and oxygen atoms in total. The summed E-state index contributed by atoms with van der Waals surface area (Å²) in [6.45, 7) is 0.326. The zero-order valence-corrected chi connectivity index (χ0v) is 9.18. The van der Waals surface area contributed by atoms with Crippen LogP contribution in [-0.4, -0.2) is 23.5 Å². The summed E-state index contributed by atoms with van der Waals surface area (Å²) in [5.74, 6) is 2.98. The van der Waals surface area contributed by atoms with Gasteiger partial charge in [0.25, 0.3) is 5.91 Å². The SMILES string of the molecule is NCc1ccc(C(=O)NC2CCSC2)o1. The van der Waals surface area contributed by atoms with Gasteiger partial charge in [-0.1, -0.05) is 0 Å². The molecule has 82 valence electrons. The predicted molar refractivity (Wildman–Crippen MR) is 59.8 cm³/mol. The third-order valence-electron chi connectivity index (χ3n) is 2.35. The number of furan rings is 1. The molecular weight excluding hydrogens is 212 g/mol. The van der Waals surface area contributed by atoms with Crippen molar-refractivity contribution in [1.82, 2.24) is 5.32 Å². The molecule has 5 heteroatoms. The Morgan fingerprint density at radius 3 is 3.13 bits per heavy atom. The molecule has 1 aromatic heterocycles. The van der Waals surface area contributed by atoms with Crippen LogP contribution in [-0.2, 0) is 6.54 Å². The van der Waals surface area contributed by atoms with Gasteiger partial charge in [-0.25, -0.2) is 0 Å². The number of nitrogens with one attached hydrogen (secondary N) is 1. The number of amides is 1. The third kappa shape index (κ3) is 2.54. The lowest BCUT2D eigenvalue weighted by molar-refractivity contribution is 0.0911. The van der Waals surface area contributed by atoms with Crippen molar-refractivity contribution in [1.29, 1.82) is 0 Å². The van der Waals surface area contributed by atoms with Crippen molar-refractivity contribution in [2.45, 2.75) is 19.0 Å². The summed E-state index contributed by atoms with van der Waals surface area (Å²) >= 11 is 1.86. The molecule has 2 heterocycles. The maximum atomic E-state index is 11.7. The topological polar surface area (TPSA) is 68.3 Å². The molecule has 0 aromatic carbocycles. The molecule has 2 rings (SSSR count). The van der Waals surface area contributed by atoms with Crippen LogP contribution in [0.25, 0.3) is 0 Å². The van der Waals surface area contributed by atoms with E-state index in [4.69, 9.17) is 10.2 Å². The van der Waals surface area contributed by atoms with E-state index in [-0.39, 0.29) is 11.9 Å². The molecule has 0 bridgehead atoms. The maximum Gasteiger partial charge on any atom is 0.287 e. The van der Waals surface area contributed by atoms with Gasteiger partial charge >= 0.3 is 0 Å². The predicted octanol–water partition coefficient (Wildman–Crippen LogP) is 0.974. The van der Waals surface area contributed by atoms with Gasteiger partial charge in [0.1, 0.15) is 5.76 Å². The summed E-state index contributed by atoms with van der Waals surface area (Å²) in [6, 6.07) is 3.69. The first-order valence-corrected chi connectivity index (χ1v) is 6.12. The Labute approximate surface area is 92.6 Å². The van der Waals surface area contributed by atoms with Gasteiger partial charge in [-0.2, -0.15) is 11.8 Å². The minimum Gasteiger partial charge on any atom is -0.455 e. The van der Waals surface area contributed by atoms with Gasteiger partial charge in [-0.15, -0.1) is 0 Å². The van der Waals surface area contributed by atoms with Gasteiger partial charge < -0.3 is 15.5 Å². The van der Waals surface area contributed by atoms with E-state index in [0.29, 0.717) is 18.1 Å². The lowest BCUT2D eigenvalue weighted by Crippen LogP contribution is -2.34. The first-order chi connectivity index (χ1) is 7.29. The first kappa shape index (κ1) is 10.6. The highest BCUT2D eigenvalue weighted by molar-refractivity contribution is 7.99.